The van der Waals surface area contributed by atoms with Gasteiger partial charge < -0.3 is 5.73 Å². The largest absolute Gasteiger partial charge is 0.326 e. The Bertz CT molecular complexity index is 215. The Hall–Kier alpha value is -0.120. The van der Waals surface area contributed by atoms with Gasteiger partial charge in [0, 0.05) is 37.8 Å². The SMILES string of the molecule is CCC(C)C(N)CN1CCN(C)C(C)(C)C1. The first-order valence-electron chi connectivity index (χ1n) is 6.56. The predicted octanol–water partition coefficient (Wildman–Crippen LogP) is 1.39. The van der Waals surface area contributed by atoms with Gasteiger partial charge in [0.1, 0.15) is 0 Å². The van der Waals surface area contributed by atoms with Crippen molar-refractivity contribution in [3.8, 4) is 0 Å². The van der Waals surface area contributed by atoms with Crippen LogP contribution in [0.25, 0.3) is 0 Å². The van der Waals surface area contributed by atoms with E-state index in [1.165, 1.54) is 6.42 Å². The van der Waals surface area contributed by atoms with E-state index in [-0.39, 0.29) is 5.54 Å². The van der Waals surface area contributed by atoms with Crippen LogP contribution in [0.1, 0.15) is 34.1 Å². The summed E-state index contributed by atoms with van der Waals surface area (Å²) in [5.74, 6) is 0.628. The van der Waals surface area contributed by atoms with Crippen molar-refractivity contribution < 1.29 is 0 Å². The normalized spacial score (nSPS) is 26.6. The molecule has 0 aromatic rings. The van der Waals surface area contributed by atoms with E-state index in [1.54, 1.807) is 0 Å². The van der Waals surface area contributed by atoms with Crippen molar-refractivity contribution in [2.24, 2.45) is 11.7 Å². The first kappa shape index (κ1) is 13.9. The Morgan fingerprint density at radius 1 is 1.31 bits per heavy atom. The first-order valence-corrected chi connectivity index (χ1v) is 6.56. The topological polar surface area (TPSA) is 32.5 Å². The number of likely N-dealkylation sites (N-methyl/N-ethyl adjacent to an activating group) is 1. The molecule has 1 saturated heterocycles. The fourth-order valence-corrected chi connectivity index (χ4v) is 2.28. The molecule has 2 atom stereocenters. The highest BCUT2D eigenvalue weighted by Gasteiger charge is 2.31. The maximum absolute atomic E-state index is 6.23. The van der Waals surface area contributed by atoms with Gasteiger partial charge >= 0.3 is 0 Å². The van der Waals surface area contributed by atoms with Crippen LogP contribution in [0.15, 0.2) is 0 Å². The van der Waals surface area contributed by atoms with Crippen LogP contribution >= 0.6 is 0 Å². The molecule has 0 aliphatic carbocycles. The second-order valence-electron chi connectivity index (χ2n) is 6.02. The van der Waals surface area contributed by atoms with E-state index in [1.807, 2.05) is 0 Å². The van der Waals surface area contributed by atoms with Crippen molar-refractivity contribution in [3.63, 3.8) is 0 Å². The van der Waals surface area contributed by atoms with Gasteiger partial charge in [-0.2, -0.15) is 0 Å². The van der Waals surface area contributed by atoms with Gasteiger partial charge in [0.2, 0.25) is 0 Å². The molecule has 0 saturated carbocycles. The fraction of sp³-hybridized carbons (Fsp3) is 1.00. The van der Waals surface area contributed by atoms with Gasteiger partial charge in [0.25, 0.3) is 0 Å². The summed E-state index contributed by atoms with van der Waals surface area (Å²) >= 11 is 0. The van der Waals surface area contributed by atoms with Crippen LogP contribution < -0.4 is 5.73 Å². The molecule has 0 spiro atoms. The minimum absolute atomic E-state index is 0.285. The van der Waals surface area contributed by atoms with Gasteiger partial charge in [-0.3, -0.25) is 9.80 Å². The van der Waals surface area contributed by atoms with Crippen molar-refractivity contribution in [1.29, 1.82) is 0 Å². The summed E-state index contributed by atoms with van der Waals surface area (Å²) in [6, 6.07) is 0.323. The molecule has 2 unspecified atom stereocenters. The molecule has 3 nitrogen and oxygen atoms in total. The summed E-state index contributed by atoms with van der Waals surface area (Å²) in [5.41, 5.74) is 6.51. The third kappa shape index (κ3) is 3.44. The highest BCUT2D eigenvalue weighted by atomic mass is 15.3. The molecule has 0 aromatic carbocycles. The molecule has 2 N–H and O–H groups in total. The van der Waals surface area contributed by atoms with Crippen LogP contribution in [-0.4, -0.2) is 54.6 Å². The molecule has 1 rings (SSSR count). The molecule has 3 heteroatoms. The summed E-state index contributed by atoms with van der Waals surface area (Å²) < 4.78 is 0. The van der Waals surface area contributed by atoms with Crippen LogP contribution in [0.3, 0.4) is 0 Å². The summed E-state index contributed by atoms with van der Waals surface area (Å²) in [7, 11) is 2.21. The van der Waals surface area contributed by atoms with E-state index in [4.69, 9.17) is 5.73 Å². The molecule has 96 valence electrons. The van der Waals surface area contributed by atoms with Gasteiger partial charge in [-0.1, -0.05) is 20.3 Å². The van der Waals surface area contributed by atoms with Gasteiger partial charge in [-0.05, 0) is 26.8 Å². The van der Waals surface area contributed by atoms with Crippen LogP contribution in [-0.2, 0) is 0 Å². The van der Waals surface area contributed by atoms with E-state index in [2.05, 4.69) is 44.5 Å². The highest BCUT2D eigenvalue weighted by molar-refractivity contribution is 4.89. The highest BCUT2D eigenvalue weighted by Crippen LogP contribution is 2.19. The lowest BCUT2D eigenvalue weighted by Crippen LogP contribution is -2.59. The van der Waals surface area contributed by atoms with E-state index in [0.29, 0.717) is 12.0 Å². The summed E-state index contributed by atoms with van der Waals surface area (Å²) in [6.45, 7) is 13.6. The number of nitrogens with zero attached hydrogens (tertiary/aromatic N) is 2. The van der Waals surface area contributed by atoms with Gasteiger partial charge in [-0.25, -0.2) is 0 Å². The summed E-state index contributed by atoms with van der Waals surface area (Å²) in [4.78, 5) is 4.97. The molecule has 0 radical (unpaired) electrons. The zero-order valence-corrected chi connectivity index (χ0v) is 11.7. The van der Waals surface area contributed by atoms with Crippen molar-refractivity contribution in [3.05, 3.63) is 0 Å². The van der Waals surface area contributed by atoms with E-state index < -0.39 is 0 Å². The Labute approximate surface area is 101 Å². The van der Waals surface area contributed by atoms with Crippen molar-refractivity contribution in [2.45, 2.75) is 45.7 Å². The minimum atomic E-state index is 0.285. The predicted molar refractivity (Wildman–Crippen MR) is 70.6 cm³/mol. The first-order chi connectivity index (χ1) is 7.36. The number of piperazine rings is 1. The lowest BCUT2D eigenvalue weighted by atomic mass is 9.96. The zero-order chi connectivity index (χ0) is 12.3. The second kappa shape index (κ2) is 5.48. The van der Waals surface area contributed by atoms with Crippen LogP contribution in [0, 0.1) is 5.92 Å². The number of rotatable bonds is 4. The fourth-order valence-electron chi connectivity index (χ4n) is 2.28. The van der Waals surface area contributed by atoms with Crippen molar-refractivity contribution >= 4 is 0 Å². The molecule has 0 amide bonds. The van der Waals surface area contributed by atoms with Gasteiger partial charge in [0.05, 0.1) is 0 Å². The Kier molecular flexibility index (Phi) is 4.77. The summed E-state index contributed by atoms with van der Waals surface area (Å²) in [5, 5.41) is 0. The molecule has 1 fully saturated rings. The Balaban J connectivity index is 2.45. The average Bonchev–Trinajstić information content (AvgIpc) is 2.21. The lowest BCUT2D eigenvalue weighted by molar-refractivity contribution is 0.0344. The average molecular weight is 227 g/mol. The smallest absolute Gasteiger partial charge is 0.0277 e. The molecule has 0 bridgehead atoms. The standard InChI is InChI=1S/C13H29N3/c1-6-11(2)12(14)9-16-8-7-15(5)13(3,4)10-16/h11-12H,6-10,14H2,1-5H3. The third-order valence-corrected chi connectivity index (χ3v) is 4.24. The molecule has 16 heavy (non-hydrogen) atoms. The number of nitrogens with two attached hydrogens (primary N) is 1. The van der Waals surface area contributed by atoms with Crippen LogP contribution in [0.4, 0.5) is 0 Å². The Morgan fingerprint density at radius 2 is 1.94 bits per heavy atom. The molecular formula is C13H29N3. The second-order valence-corrected chi connectivity index (χ2v) is 6.02. The molecule has 1 heterocycles. The molecular weight excluding hydrogens is 198 g/mol. The maximum atomic E-state index is 6.23. The third-order valence-electron chi connectivity index (χ3n) is 4.24. The molecule has 1 aliphatic heterocycles. The Morgan fingerprint density at radius 3 is 2.44 bits per heavy atom. The quantitative estimate of drug-likeness (QED) is 0.788. The van der Waals surface area contributed by atoms with Crippen LogP contribution in [0.2, 0.25) is 0 Å². The van der Waals surface area contributed by atoms with Crippen molar-refractivity contribution in [2.75, 3.05) is 33.2 Å². The van der Waals surface area contributed by atoms with Gasteiger partial charge in [0.15, 0.2) is 0 Å². The maximum Gasteiger partial charge on any atom is 0.0277 e. The van der Waals surface area contributed by atoms with Crippen LogP contribution in [0.5, 0.6) is 0 Å². The van der Waals surface area contributed by atoms with E-state index >= 15 is 0 Å². The number of hydrogen-bond acceptors (Lipinski definition) is 3. The molecule has 1 aliphatic rings. The monoisotopic (exact) mass is 227 g/mol. The van der Waals surface area contributed by atoms with E-state index in [9.17, 15) is 0 Å². The lowest BCUT2D eigenvalue weighted by Gasteiger charge is -2.46. The van der Waals surface area contributed by atoms with E-state index in [0.717, 1.165) is 26.2 Å². The van der Waals surface area contributed by atoms with Gasteiger partial charge in [-0.15, -0.1) is 0 Å². The number of hydrogen-bond donors (Lipinski definition) is 1. The van der Waals surface area contributed by atoms with Crippen molar-refractivity contribution in [1.82, 2.24) is 9.80 Å². The minimum Gasteiger partial charge on any atom is -0.326 e. The molecule has 0 aromatic heterocycles. The zero-order valence-electron chi connectivity index (χ0n) is 11.7. The summed E-state index contributed by atoms with van der Waals surface area (Å²) in [6.07, 6.45) is 1.18.